The summed E-state index contributed by atoms with van der Waals surface area (Å²) < 4.78 is 31.7. The number of benzene rings is 2. The Bertz CT molecular complexity index is 506. The monoisotopic (exact) mass is 236 g/mol. The zero-order valence-electron chi connectivity index (χ0n) is 8.86. The third kappa shape index (κ3) is 2.60. The van der Waals surface area contributed by atoms with E-state index in [1.165, 1.54) is 12.1 Å². The van der Waals surface area contributed by atoms with Crippen molar-refractivity contribution >= 4 is 0 Å². The largest absolute Gasteiger partial charge is 0.451 e. The van der Waals surface area contributed by atoms with Crippen molar-refractivity contribution in [1.82, 2.24) is 0 Å². The number of halogens is 2. The molecule has 2 aromatic rings. The van der Waals surface area contributed by atoms with E-state index in [1.54, 1.807) is 18.2 Å². The molecule has 0 amide bonds. The Morgan fingerprint density at radius 1 is 1.00 bits per heavy atom. The lowest BCUT2D eigenvalue weighted by molar-refractivity contribution is 0.281. The van der Waals surface area contributed by atoms with Gasteiger partial charge in [-0.25, -0.2) is 8.78 Å². The summed E-state index contributed by atoms with van der Waals surface area (Å²) in [5.41, 5.74) is 0.610. The van der Waals surface area contributed by atoms with Crippen LogP contribution in [0.1, 0.15) is 5.56 Å². The van der Waals surface area contributed by atoms with E-state index in [4.69, 9.17) is 9.84 Å². The van der Waals surface area contributed by atoms with Crippen LogP contribution in [0.25, 0.3) is 0 Å². The van der Waals surface area contributed by atoms with E-state index in [9.17, 15) is 8.78 Å². The van der Waals surface area contributed by atoms with Crippen LogP contribution >= 0.6 is 0 Å². The molecule has 0 aliphatic rings. The van der Waals surface area contributed by atoms with Gasteiger partial charge < -0.3 is 9.84 Å². The van der Waals surface area contributed by atoms with Crippen molar-refractivity contribution in [3.63, 3.8) is 0 Å². The molecule has 88 valence electrons. The van der Waals surface area contributed by atoms with Crippen molar-refractivity contribution in [3.8, 4) is 11.5 Å². The highest BCUT2D eigenvalue weighted by Gasteiger charge is 2.10. The van der Waals surface area contributed by atoms with Gasteiger partial charge in [-0.1, -0.05) is 18.2 Å². The summed E-state index contributed by atoms with van der Waals surface area (Å²) >= 11 is 0. The molecule has 0 saturated carbocycles. The van der Waals surface area contributed by atoms with Crippen LogP contribution in [0, 0.1) is 11.6 Å². The Hall–Kier alpha value is -1.94. The second-order valence-electron chi connectivity index (χ2n) is 3.46. The van der Waals surface area contributed by atoms with Crippen molar-refractivity contribution < 1.29 is 18.6 Å². The Morgan fingerprint density at radius 3 is 2.29 bits per heavy atom. The number of hydrogen-bond acceptors (Lipinski definition) is 2. The normalized spacial score (nSPS) is 10.3. The van der Waals surface area contributed by atoms with Crippen LogP contribution in [-0.4, -0.2) is 5.11 Å². The van der Waals surface area contributed by atoms with Gasteiger partial charge in [-0.3, -0.25) is 0 Å². The third-order valence-electron chi connectivity index (χ3n) is 2.22. The van der Waals surface area contributed by atoms with E-state index in [-0.39, 0.29) is 12.4 Å². The molecule has 0 radical (unpaired) electrons. The SMILES string of the molecule is OCc1cccc(Oc2c(F)cccc2F)c1. The number of para-hydroxylation sites is 1. The van der Waals surface area contributed by atoms with Gasteiger partial charge in [-0.15, -0.1) is 0 Å². The molecule has 2 rings (SSSR count). The van der Waals surface area contributed by atoms with E-state index in [0.717, 1.165) is 12.1 Å². The summed E-state index contributed by atoms with van der Waals surface area (Å²) in [5, 5.41) is 8.93. The molecule has 17 heavy (non-hydrogen) atoms. The average molecular weight is 236 g/mol. The smallest absolute Gasteiger partial charge is 0.198 e. The molecule has 0 unspecified atom stereocenters. The first-order chi connectivity index (χ1) is 8.20. The van der Waals surface area contributed by atoms with E-state index in [2.05, 4.69) is 0 Å². The molecule has 0 aliphatic heterocycles. The summed E-state index contributed by atoms with van der Waals surface area (Å²) in [7, 11) is 0. The van der Waals surface area contributed by atoms with Crippen molar-refractivity contribution in [3.05, 3.63) is 59.7 Å². The fraction of sp³-hybridized carbons (Fsp3) is 0.0769. The first-order valence-electron chi connectivity index (χ1n) is 5.02. The van der Waals surface area contributed by atoms with E-state index < -0.39 is 17.4 Å². The quantitative estimate of drug-likeness (QED) is 0.886. The molecule has 2 nitrogen and oxygen atoms in total. The van der Waals surface area contributed by atoms with Crippen LogP contribution in [-0.2, 0) is 6.61 Å². The molecular weight excluding hydrogens is 226 g/mol. The number of aliphatic hydroxyl groups excluding tert-OH is 1. The van der Waals surface area contributed by atoms with Gasteiger partial charge in [0, 0.05) is 0 Å². The molecule has 0 aromatic heterocycles. The average Bonchev–Trinajstić information content (AvgIpc) is 2.34. The first kappa shape index (κ1) is 11.5. The lowest BCUT2D eigenvalue weighted by Crippen LogP contribution is -1.93. The zero-order chi connectivity index (χ0) is 12.3. The summed E-state index contributed by atoms with van der Waals surface area (Å²) in [6.45, 7) is -0.156. The Balaban J connectivity index is 2.31. The summed E-state index contributed by atoms with van der Waals surface area (Å²) in [5.74, 6) is -1.69. The minimum Gasteiger partial charge on any atom is -0.451 e. The van der Waals surface area contributed by atoms with Crippen LogP contribution in [0.3, 0.4) is 0 Å². The number of aliphatic hydroxyl groups is 1. The van der Waals surface area contributed by atoms with Gasteiger partial charge >= 0.3 is 0 Å². The molecule has 0 heterocycles. The molecule has 0 bridgehead atoms. The maximum Gasteiger partial charge on any atom is 0.198 e. The van der Waals surface area contributed by atoms with Crippen LogP contribution in [0.5, 0.6) is 11.5 Å². The highest BCUT2D eigenvalue weighted by Crippen LogP contribution is 2.27. The van der Waals surface area contributed by atoms with Crippen molar-refractivity contribution in [2.24, 2.45) is 0 Å². The molecule has 4 heteroatoms. The summed E-state index contributed by atoms with van der Waals surface area (Å²) in [6.07, 6.45) is 0. The van der Waals surface area contributed by atoms with Crippen LogP contribution in [0.4, 0.5) is 8.78 Å². The number of hydrogen-bond donors (Lipinski definition) is 1. The summed E-state index contributed by atoms with van der Waals surface area (Å²) in [4.78, 5) is 0. The maximum absolute atomic E-state index is 13.3. The standard InChI is InChI=1S/C13H10F2O2/c14-11-5-2-6-12(15)13(11)17-10-4-1-3-9(7-10)8-16/h1-7,16H,8H2. The molecule has 0 spiro atoms. The number of ether oxygens (including phenoxy) is 1. The van der Waals surface area contributed by atoms with E-state index >= 15 is 0 Å². The third-order valence-corrected chi connectivity index (χ3v) is 2.22. The van der Waals surface area contributed by atoms with E-state index in [0.29, 0.717) is 5.56 Å². The lowest BCUT2D eigenvalue weighted by Gasteiger charge is -2.08. The van der Waals surface area contributed by atoms with Crippen molar-refractivity contribution in [1.29, 1.82) is 0 Å². The Labute approximate surface area is 97.1 Å². The molecule has 0 aliphatic carbocycles. The number of rotatable bonds is 3. The van der Waals surface area contributed by atoms with Gasteiger partial charge in [0.1, 0.15) is 5.75 Å². The van der Waals surface area contributed by atoms with Gasteiger partial charge in [0.2, 0.25) is 0 Å². The maximum atomic E-state index is 13.3. The highest BCUT2D eigenvalue weighted by atomic mass is 19.1. The van der Waals surface area contributed by atoms with Crippen molar-refractivity contribution in [2.75, 3.05) is 0 Å². The summed E-state index contributed by atoms with van der Waals surface area (Å²) in [6, 6.07) is 9.91. The van der Waals surface area contributed by atoms with Gasteiger partial charge in [0.05, 0.1) is 6.61 Å². The molecule has 0 atom stereocenters. The Kier molecular flexibility index (Phi) is 3.35. The van der Waals surface area contributed by atoms with Gasteiger partial charge in [0.25, 0.3) is 0 Å². The van der Waals surface area contributed by atoms with Gasteiger partial charge in [0.15, 0.2) is 17.4 Å². The minimum atomic E-state index is -0.764. The van der Waals surface area contributed by atoms with Crippen molar-refractivity contribution in [2.45, 2.75) is 6.61 Å². The predicted molar refractivity (Wildman–Crippen MR) is 58.8 cm³/mol. The fourth-order valence-electron chi connectivity index (χ4n) is 1.41. The topological polar surface area (TPSA) is 29.5 Å². The molecular formula is C13H10F2O2. The fourth-order valence-corrected chi connectivity index (χ4v) is 1.41. The van der Waals surface area contributed by atoms with Crippen LogP contribution in [0.2, 0.25) is 0 Å². The second kappa shape index (κ2) is 4.93. The van der Waals surface area contributed by atoms with Crippen LogP contribution < -0.4 is 4.74 Å². The molecule has 2 aromatic carbocycles. The van der Waals surface area contributed by atoms with Gasteiger partial charge in [-0.2, -0.15) is 0 Å². The first-order valence-corrected chi connectivity index (χ1v) is 5.02. The minimum absolute atomic E-state index is 0.156. The second-order valence-corrected chi connectivity index (χ2v) is 3.46. The lowest BCUT2D eigenvalue weighted by atomic mass is 10.2. The molecule has 0 saturated heterocycles. The zero-order valence-corrected chi connectivity index (χ0v) is 8.86. The molecule has 0 fully saturated rings. The highest BCUT2D eigenvalue weighted by molar-refractivity contribution is 5.35. The molecule has 1 N–H and O–H groups in total. The van der Waals surface area contributed by atoms with Gasteiger partial charge in [-0.05, 0) is 29.8 Å². The van der Waals surface area contributed by atoms with E-state index in [1.807, 2.05) is 0 Å². The van der Waals surface area contributed by atoms with Crippen LogP contribution in [0.15, 0.2) is 42.5 Å². The predicted octanol–water partition coefficient (Wildman–Crippen LogP) is 3.25. The Morgan fingerprint density at radius 2 is 1.65 bits per heavy atom.